The number of urea groups is 1. The highest BCUT2D eigenvalue weighted by Gasteiger charge is 2.29. The molecule has 6 nitrogen and oxygen atoms in total. The quantitative estimate of drug-likeness (QED) is 0.902. The van der Waals surface area contributed by atoms with Crippen LogP contribution in [0.3, 0.4) is 0 Å². The van der Waals surface area contributed by atoms with Crippen molar-refractivity contribution >= 4 is 22.3 Å². The van der Waals surface area contributed by atoms with E-state index in [1.807, 2.05) is 27.1 Å². The van der Waals surface area contributed by atoms with Crippen molar-refractivity contribution in [2.24, 2.45) is 11.8 Å². The van der Waals surface area contributed by atoms with Crippen LogP contribution in [-0.4, -0.2) is 46.5 Å². The molecule has 1 unspecified atom stereocenters. The Balaban J connectivity index is 1.25. The van der Waals surface area contributed by atoms with Gasteiger partial charge in [-0.25, -0.2) is 9.78 Å². The number of hydrogen-bond acceptors (Lipinski definition) is 4. The first-order valence-electron chi connectivity index (χ1n) is 8.44. The first-order chi connectivity index (χ1) is 11.3. The minimum Gasteiger partial charge on any atom is -0.332 e. The maximum Gasteiger partial charge on any atom is 0.317 e. The molecular weight excluding hydrogens is 310 g/mol. The van der Waals surface area contributed by atoms with Crippen LogP contribution < -0.4 is 10.6 Å². The lowest BCUT2D eigenvalue weighted by molar-refractivity contribution is 0.153. The van der Waals surface area contributed by atoms with Crippen LogP contribution in [0.5, 0.6) is 0 Å². The molecule has 1 atom stereocenters. The number of carbonyl (C=O) groups is 1. The van der Waals surface area contributed by atoms with Gasteiger partial charge in [-0.05, 0) is 44.2 Å². The van der Waals surface area contributed by atoms with Gasteiger partial charge in [-0.1, -0.05) is 0 Å². The molecule has 0 aliphatic carbocycles. The zero-order valence-corrected chi connectivity index (χ0v) is 14.0. The molecule has 2 fully saturated rings. The van der Waals surface area contributed by atoms with Crippen molar-refractivity contribution in [3.63, 3.8) is 0 Å². The largest absolute Gasteiger partial charge is 0.332 e. The Bertz CT molecular complexity index is 638. The third-order valence-electron chi connectivity index (χ3n) is 5.16. The molecule has 2 saturated heterocycles. The summed E-state index contributed by atoms with van der Waals surface area (Å²) in [6.45, 7) is 4.58. The summed E-state index contributed by atoms with van der Waals surface area (Å²) in [5, 5.41) is 8.47. The summed E-state index contributed by atoms with van der Waals surface area (Å²) in [7, 11) is 0. The Hall–Kier alpha value is -1.60. The SMILES string of the molecule is O=C(NCc1cn2ccsc2n1)N1CCC(C2CCNC2)CC1. The molecule has 124 valence electrons. The van der Waals surface area contributed by atoms with E-state index in [0.29, 0.717) is 6.54 Å². The summed E-state index contributed by atoms with van der Waals surface area (Å²) in [6, 6.07) is 0.0457. The number of nitrogens with zero attached hydrogens (tertiary/aromatic N) is 3. The molecular formula is C16H23N5OS. The van der Waals surface area contributed by atoms with Gasteiger partial charge in [-0.3, -0.25) is 4.40 Å². The number of amides is 2. The smallest absolute Gasteiger partial charge is 0.317 e. The lowest BCUT2D eigenvalue weighted by Crippen LogP contribution is -2.45. The Morgan fingerprint density at radius 1 is 1.35 bits per heavy atom. The topological polar surface area (TPSA) is 61.7 Å². The fourth-order valence-corrected chi connectivity index (χ4v) is 4.51. The zero-order valence-electron chi connectivity index (χ0n) is 13.2. The number of likely N-dealkylation sites (tertiary alicyclic amines) is 1. The zero-order chi connectivity index (χ0) is 15.6. The molecule has 2 N–H and O–H groups in total. The average molecular weight is 333 g/mol. The summed E-state index contributed by atoms with van der Waals surface area (Å²) in [5.74, 6) is 1.60. The van der Waals surface area contributed by atoms with E-state index in [0.717, 1.165) is 61.5 Å². The number of carbonyl (C=O) groups excluding carboxylic acids is 1. The molecule has 0 saturated carbocycles. The van der Waals surface area contributed by atoms with Crippen LogP contribution in [0.1, 0.15) is 25.0 Å². The molecule has 23 heavy (non-hydrogen) atoms. The van der Waals surface area contributed by atoms with Gasteiger partial charge in [-0.15, -0.1) is 11.3 Å². The number of aromatic nitrogens is 2. The molecule has 7 heteroatoms. The molecule has 2 aliphatic heterocycles. The Kier molecular flexibility index (Phi) is 4.22. The predicted octanol–water partition coefficient (Wildman–Crippen LogP) is 1.93. The molecule has 0 bridgehead atoms. The van der Waals surface area contributed by atoms with Gasteiger partial charge in [0.15, 0.2) is 4.96 Å². The number of nitrogens with one attached hydrogen (secondary N) is 2. The number of fused-ring (bicyclic) bond motifs is 1. The molecule has 0 radical (unpaired) electrons. The summed E-state index contributed by atoms with van der Waals surface area (Å²) in [5.41, 5.74) is 0.914. The van der Waals surface area contributed by atoms with Crippen LogP contribution in [0.15, 0.2) is 17.8 Å². The second-order valence-corrected chi connectivity index (χ2v) is 7.43. The summed E-state index contributed by atoms with van der Waals surface area (Å²) >= 11 is 1.61. The van der Waals surface area contributed by atoms with Gasteiger partial charge in [0.2, 0.25) is 0 Å². The van der Waals surface area contributed by atoms with Gasteiger partial charge in [-0.2, -0.15) is 0 Å². The van der Waals surface area contributed by atoms with E-state index in [1.165, 1.54) is 6.42 Å². The third kappa shape index (κ3) is 3.21. The van der Waals surface area contributed by atoms with Crippen LogP contribution in [-0.2, 0) is 6.54 Å². The maximum absolute atomic E-state index is 12.3. The lowest BCUT2D eigenvalue weighted by Gasteiger charge is -2.34. The fourth-order valence-electron chi connectivity index (χ4n) is 3.79. The third-order valence-corrected chi connectivity index (χ3v) is 5.93. The summed E-state index contributed by atoms with van der Waals surface area (Å²) in [6.07, 6.45) is 7.54. The Labute approximate surface area is 139 Å². The molecule has 2 aliphatic rings. The van der Waals surface area contributed by atoms with Gasteiger partial charge in [0.1, 0.15) is 0 Å². The molecule has 4 heterocycles. The van der Waals surface area contributed by atoms with Crippen LogP contribution in [0.4, 0.5) is 4.79 Å². The van der Waals surface area contributed by atoms with E-state index >= 15 is 0 Å². The van der Waals surface area contributed by atoms with Crippen LogP contribution >= 0.6 is 11.3 Å². The number of thiazole rings is 1. The van der Waals surface area contributed by atoms with E-state index in [1.54, 1.807) is 11.3 Å². The van der Waals surface area contributed by atoms with Gasteiger partial charge in [0, 0.05) is 30.9 Å². The Morgan fingerprint density at radius 3 is 2.96 bits per heavy atom. The molecule has 2 amide bonds. The summed E-state index contributed by atoms with van der Waals surface area (Å²) in [4.78, 5) is 19.7. The van der Waals surface area contributed by atoms with Crippen molar-refractivity contribution < 1.29 is 4.79 Å². The van der Waals surface area contributed by atoms with E-state index in [9.17, 15) is 4.79 Å². The van der Waals surface area contributed by atoms with Gasteiger partial charge >= 0.3 is 6.03 Å². The minimum absolute atomic E-state index is 0.0457. The van der Waals surface area contributed by atoms with E-state index in [4.69, 9.17) is 0 Å². The molecule has 0 spiro atoms. The standard InChI is InChI=1S/C16H23N5OS/c22-15(18-10-14-11-21-7-8-23-16(21)19-14)20-5-2-12(3-6-20)13-1-4-17-9-13/h7-8,11-13,17H,1-6,9-10H2,(H,18,22). The Morgan fingerprint density at radius 2 is 2.22 bits per heavy atom. The van der Waals surface area contributed by atoms with Gasteiger partial charge in [0.25, 0.3) is 0 Å². The van der Waals surface area contributed by atoms with Crippen LogP contribution in [0.2, 0.25) is 0 Å². The monoisotopic (exact) mass is 333 g/mol. The first kappa shape index (κ1) is 15.0. The van der Waals surface area contributed by atoms with Gasteiger partial charge < -0.3 is 15.5 Å². The van der Waals surface area contributed by atoms with Crippen LogP contribution in [0, 0.1) is 11.8 Å². The minimum atomic E-state index is 0.0457. The average Bonchev–Trinajstić information content (AvgIpc) is 3.29. The predicted molar refractivity (Wildman–Crippen MR) is 90.6 cm³/mol. The second kappa shape index (κ2) is 6.49. The molecule has 2 aromatic rings. The van der Waals surface area contributed by atoms with Gasteiger partial charge in [0.05, 0.1) is 12.2 Å². The van der Waals surface area contributed by atoms with E-state index in [-0.39, 0.29) is 6.03 Å². The highest BCUT2D eigenvalue weighted by molar-refractivity contribution is 7.15. The van der Waals surface area contributed by atoms with E-state index in [2.05, 4.69) is 15.6 Å². The number of piperidine rings is 1. The van der Waals surface area contributed by atoms with Crippen molar-refractivity contribution in [1.82, 2.24) is 24.9 Å². The van der Waals surface area contributed by atoms with Crippen molar-refractivity contribution in [3.05, 3.63) is 23.5 Å². The van der Waals surface area contributed by atoms with Crippen molar-refractivity contribution in [3.8, 4) is 0 Å². The fraction of sp³-hybridized carbons (Fsp3) is 0.625. The van der Waals surface area contributed by atoms with E-state index < -0.39 is 0 Å². The number of imidazole rings is 1. The molecule has 4 rings (SSSR count). The highest BCUT2D eigenvalue weighted by Crippen LogP contribution is 2.28. The van der Waals surface area contributed by atoms with Crippen LogP contribution in [0.25, 0.3) is 4.96 Å². The van der Waals surface area contributed by atoms with Crippen molar-refractivity contribution in [1.29, 1.82) is 0 Å². The molecule has 2 aromatic heterocycles. The summed E-state index contributed by atoms with van der Waals surface area (Å²) < 4.78 is 1.99. The number of hydrogen-bond donors (Lipinski definition) is 2. The molecule has 0 aromatic carbocycles. The highest BCUT2D eigenvalue weighted by atomic mass is 32.1. The maximum atomic E-state index is 12.3. The second-order valence-electron chi connectivity index (χ2n) is 6.56. The van der Waals surface area contributed by atoms with Crippen molar-refractivity contribution in [2.75, 3.05) is 26.2 Å². The lowest BCUT2D eigenvalue weighted by atomic mass is 9.84. The first-order valence-corrected chi connectivity index (χ1v) is 9.32. The number of rotatable bonds is 3. The van der Waals surface area contributed by atoms with Crippen molar-refractivity contribution in [2.45, 2.75) is 25.8 Å². The normalized spacial score (nSPS) is 22.8.